The summed E-state index contributed by atoms with van der Waals surface area (Å²) in [5.74, 6) is 0. The molecule has 3 rings (SSSR count). The maximum Gasteiger partial charge on any atom is 0.416 e. The summed E-state index contributed by atoms with van der Waals surface area (Å²) in [5.41, 5.74) is 13.9. The van der Waals surface area contributed by atoms with Crippen molar-refractivity contribution in [2.45, 2.75) is 57.3 Å². The number of nitrogen functional groups attached to an aromatic ring is 2. The first-order valence-electron chi connectivity index (χ1n) is 9.34. The molecule has 0 bridgehead atoms. The predicted octanol–water partition coefficient (Wildman–Crippen LogP) is 4.91. The molecule has 0 spiro atoms. The van der Waals surface area contributed by atoms with E-state index in [-0.39, 0.29) is 12.2 Å². The van der Waals surface area contributed by atoms with Crippen LogP contribution in [0.3, 0.4) is 0 Å². The molecule has 2 aromatic carbocycles. The van der Waals surface area contributed by atoms with Gasteiger partial charge in [0.25, 0.3) is 0 Å². The monoisotopic (exact) mass is 394 g/mol. The molecule has 1 saturated carbocycles. The summed E-state index contributed by atoms with van der Waals surface area (Å²) in [5, 5.41) is 0. The zero-order valence-corrected chi connectivity index (χ0v) is 15.5. The molecule has 4 N–H and O–H groups in total. The molecule has 0 saturated heterocycles. The number of anilines is 2. The van der Waals surface area contributed by atoms with E-state index in [9.17, 15) is 13.2 Å². The van der Waals surface area contributed by atoms with Gasteiger partial charge < -0.3 is 20.9 Å². The fraction of sp³-hybridized carbons (Fsp3) is 0.429. The zero-order chi connectivity index (χ0) is 20.1. The Morgan fingerprint density at radius 1 is 0.750 bits per heavy atom. The van der Waals surface area contributed by atoms with Crippen molar-refractivity contribution in [2.24, 2.45) is 0 Å². The number of rotatable bonds is 6. The Morgan fingerprint density at radius 2 is 1.21 bits per heavy atom. The summed E-state index contributed by atoms with van der Waals surface area (Å²) in [4.78, 5) is 0. The van der Waals surface area contributed by atoms with Crippen LogP contribution in [0.5, 0.6) is 0 Å². The number of benzene rings is 2. The summed E-state index contributed by atoms with van der Waals surface area (Å²) in [6, 6.07) is 10.5. The molecule has 0 unspecified atom stereocenters. The third kappa shape index (κ3) is 5.87. The minimum atomic E-state index is -4.31. The van der Waals surface area contributed by atoms with Gasteiger partial charge in [-0.15, -0.1) is 0 Å². The normalized spacial score (nSPS) is 20.2. The van der Waals surface area contributed by atoms with Crippen molar-refractivity contribution in [1.29, 1.82) is 0 Å². The third-order valence-corrected chi connectivity index (χ3v) is 4.91. The molecule has 0 atom stereocenters. The first kappa shape index (κ1) is 20.5. The Balaban J connectivity index is 1.39. The smallest absolute Gasteiger partial charge is 0.399 e. The molecule has 28 heavy (non-hydrogen) atoms. The number of hydrogen-bond acceptors (Lipinski definition) is 4. The van der Waals surface area contributed by atoms with Crippen molar-refractivity contribution in [3.63, 3.8) is 0 Å². The van der Waals surface area contributed by atoms with Crippen LogP contribution in [0.4, 0.5) is 24.5 Å². The largest absolute Gasteiger partial charge is 0.416 e. The van der Waals surface area contributed by atoms with Gasteiger partial charge in [-0.2, -0.15) is 13.2 Å². The molecule has 0 heterocycles. The van der Waals surface area contributed by atoms with Gasteiger partial charge in [0, 0.05) is 11.4 Å². The standard InChI is InChI=1S/C21H25F3N2O2/c22-21(23,24)16-3-1-14(2-4-16)12-27-19-5-7-20(8-6-19)28-13-15-9-17(25)11-18(26)10-15/h1-4,9-11,19-20H,5-8,12-13,25-26H2. The maximum atomic E-state index is 12.6. The summed E-state index contributed by atoms with van der Waals surface area (Å²) < 4.78 is 49.6. The summed E-state index contributed by atoms with van der Waals surface area (Å²) in [6.45, 7) is 0.786. The van der Waals surface area contributed by atoms with Gasteiger partial charge in [-0.05, 0) is 67.1 Å². The van der Waals surface area contributed by atoms with Gasteiger partial charge >= 0.3 is 6.18 Å². The second kappa shape index (κ2) is 8.84. The fourth-order valence-corrected chi connectivity index (χ4v) is 3.41. The molecule has 0 aromatic heterocycles. The molecule has 7 heteroatoms. The topological polar surface area (TPSA) is 70.5 Å². The van der Waals surface area contributed by atoms with E-state index in [1.807, 2.05) is 12.1 Å². The average Bonchev–Trinajstić information content (AvgIpc) is 2.64. The van der Waals surface area contributed by atoms with Crippen LogP contribution in [-0.2, 0) is 28.9 Å². The van der Waals surface area contributed by atoms with E-state index in [1.54, 1.807) is 6.07 Å². The molecular formula is C21H25F3N2O2. The highest BCUT2D eigenvalue weighted by molar-refractivity contribution is 5.54. The number of ether oxygens (including phenoxy) is 2. The van der Waals surface area contributed by atoms with Gasteiger partial charge in [0.1, 0.15) is 0 Å². The van der Waals surface area contributed by atoms with Gasteiger partial charge in [-0.1, -0.05) is 12.1 Å². The Labute approximate surface area is 162 Å². The minimum Gasteiger partial charge on any atom is -0.399 e. The van der Waals surface area contributed by atoms with Crippen molar-refractivity contribution in [1.82, 2.24) is 0 Å². The average molecular weight is 394 g/mol. The van der Waals surface area contributed by atoms with Crippen molar-refractivity contribution in [3.8, 4) is 0 Å². The van der Waals surface area contributed by atoms with Crippen molar-refractivity contribution in [3.05, 3.63) is 59.2 Å². The van der Waals surface area contributed by atoms with Crippen LogP contribution in [0.2, 0.25) is 0 Å². The Hall–Kier alpha value is -2.25. The Bertz CT molecular complexity index is 750. The zero-order valence-electron chi connectivity index (χ0n) is 15.5. The van der Waals surface area contributed by atoms with E-state index < -0.39 is 11.7 Å². The molecule has 2 aromatic rings. The first-order valence-corrected chi connectivity index (χ1v) is 9.34. The molecule has 1 aliphatic carbocycles. The Morgan fingerprint density at radius 3 is 1.68 bits per heavy atom. The number of halogens is 3. The number of alkyl halides is 3. The van der Waals surface area contributed by atoms with Crippen LogP contribution in [-0.4, -0.2) is 12.2 Å². The molecule has 1 fully saturated rings. The summed E-state index contributed by atoms with van der Waals surface area (Å²) in [7, 11) is 0. The SMILES string of the molecule is Nc1cc(N)cc(COC2CCC(OCc3ccc(C(F)(F)F)cc3)CC2)c1. The molecular weight excluding hydrogens is 369 g/mol. The highest BCUT2D eigenvalue weighted by Crippen LogP contribution is 2.30. The highest BCUT2D eigenvalue weighted by atomic mass is 19.4. The van der Waals surface area contributed by atoms with Gasteiger partial charge in [0.05, 0.1) is 31.0 Å². The van der Waals surface area contributed by atoms with Crippen molar-refractivity contribution < 1.29 is 22.6 Å². The number of hydrogen-bond donors (Lipinski definition) is 2. The lowest BCUT2D eigenvalue weighted by Crippen LogP contribution is -2.26. The van der Waals surface area contributed by atoms with Crippen molar-refractivity contribution in [2.75, 3.05) is 11.5 Å². The van der Waals surface area contributed by atoms with E-state index >= 15 is 0 Å². The van der Waals surface area contributed by atoms with Crippen LogP contribution in [0.15, 0.2) is 42.5 Å². The summed E-state index contributed by atoms with van der Waals surface area (Å²) >= 11 is 0. The molecule has 0 aliphatic heterocycles. The lowest BCUT2D eigenvalue weighted by atomic mass is 9.95. The molecule has 152 valence electrons. The van der Waals surface area contributed by atoms with Crippen LogP contribution >= 0.6 is 0 Å². The highest BCUT2D eigenvalue weighted by Gasteiger charge is 2.30. The van der Waals surface area contributed by atoms with Crippen LogP contribution in [0.25, 0.3) is 0 Å². The molecule has 0 radical (unpaired) electrons. The van der Waals surface area contributed by atoms with Gasteiger partial charge in [-0.3, -0.25) is 0 Å². The Kier molecular flexibility index (Phi) is 6.46. The van der Waals surface area contributed by atoms with Crippen LogP contribution in [0, 0.1) is 0 Å². The molecule has 4 nitrogen and oxygen atoms in total. The third-order valence-electron chi connectivity index (χ3n) is 4.91. The van der Waals surface area contributed by atoms with Gasteiger partial charge in [0.15, 0.2) is 0 Å². The fourth-order valence-electron chi connectivity index (χ4n) is 3.41. The van der Waals surface area contributed by atoms with Gasteiger partial charge in [0.2, 0.25) is 0 Å². The molecule has 0 amide bonds. The van der Waals surface area contributed by atoms with Gasteiger partial charge in [-0.25, -0.2) is 0 Å². The summed E-state index contributed by atoms with van der Waals surface area (Å²) in [6.07, 6.45) is -0.548. The van der Waals surface area contributed by atoms with E-state index in [0.29, 0.717) is 24.6 Å². The first-order chi connectivity index (χ1) is 13.3. The van der Waals surface area contributed by atoms with Crippen molar-refractivity contribution >= 4 is 11.4 Å². The lowest BCUT2D eigenvalue weighted by Gasteiger charge is -2.28. The van der Waals surface area contributed by atoms with E-state index in [0.717, 1.165) is 48.9 Å². The van der Waals surface area contributed by atoms with E-state index in [1.165, 1.54) is 12.1 Å². The van der Waals surface area contributed by atoms with Crippen LogP contribution < -0.4 is 11.5 Å². The second-order valence-electron chi connectivity index (χ2n) is 7.22. The van der Waals surface area contributed by atoms with Crippen LogP contribution in [0.1, 0.15) is 42.4 Å². The second-order valence-corrected chi connectivity index (χ2v) is 7.22. The predicted molar refractivity (Wildman–Crippen MR) is 102 cm³/mol. The quantitative estimate of drug-likeness (QED) is 0.683. The number of nitrogens with two attached hydrogens (primary N) is 2. The lowest BCUT2D eigenvalue weighted by molar-refractivity contribution is -0.137. The van der Waals surface area contributed by atoms with E-state index in [2.05, 4.69) is 0 Å². The minimum absolute atomic E-state index is 0.102. The van der Waals surface area contributed by atoms with E-state index in [4.69, 9.17) is 20.9 Å². The molecule has 1 aliphatic rings. The maximum absolute atomic E-state index is 12.6.